The van der Waals surface area contributed by atoms with E-state index in [1.807, 2.05) is 0 Å². The topological polar surface area (TPSA) is 163 Å². The maximum atomic E-state index is 11.9. The van der Waals surface area contributed by atoms with E-state index in [2.05, 4.69) is 10.6 Å². The Morgan fingerprint density at radius 1 is 0.765 bits per heavy atom. The maximum absolute atomic E-state index is 11.9. The highest BCUT2D eigenvalue weighted by Gasteiger charge is 2.14. The van der Waals surface area contributed by atoms with E-state index >= 15 is 0 Å². The summed E-state index contributed by atoms with van der Waals surface area (Å²) in [5.41, 5.74) is 1.13. The number of rotatable bonds is 11. The Morgan fingerprint density at radius 3 is 1.38 bits per heavy atom. The van der Waals surface area contributed by atoms with Crippen LogP contribution in [0.3, 0.4) is 0 Å². The van der Waals surface area contributed by atoms with Crippen molar-refractivity contribution >= 4 is 45.1 Å². The number of hydrogen-bond donors (Lipinski definition) is 2. The third-order valence-electron chi connectivity index (χ3n) is 4.02. The minimum absolute atomic E-state index is 0.0348. The molecule has 0 aliphatic heterocycles. The normalized spacial score (nSPS) is 12.2. The summed E-state index contributed by atoms with van der Waals surface area (Å²) in [6, 6.07) is 11.4. The number of alkyl carbamates (subject to hydrolysis) is 2. The predicted octanol–water partition coefficient (Wildman–Crippen LogP) is 4.73. The van der Waals surface area contributed by atoms with Crippen LogP contribution in [0.1, 0.15) is 25.0 Å². The molecule has 0 aromatic heterocycles. The number of benzene rings is 2. The van der Waals surface area contributed by atoms with Crippen LogP contribution in [0.25, 0.3) is 0 Å². The molecule has 12 nitrogen and oxygen atoms in total. The average Bonchev–Trinajstić information content (AvgIpc) is 2.80. The first-order valence-electron chi connectivity index (χ1n) is 9.79. The molecule has 0 aliphatic rings. The Balaban J connectivity index is 1.63. The molecule has 182 valence electrons. The Kier molecular flexibility index (Phi) is 10.4. The summed E-state index contributed by atoms with van der Waals surface area (Å²) in [6.07, 6.45) is -1.30. The number of amides is 2. The molecule has 2 atom stereocenters. The second-order valence-electron chi connectivity index (χ2n) is 6.76. The summed E-state index contributed by atoms with van der Waals surface area (Å²) in [4.78, 5) is 44.1. The largest absolute Gasteiger partial charge is 0.445 e. The summed E-state index contributed by atoms with van der Waals surface area (Å²) in [6.45, 7) is 3.41. The lowest BCUT2D eigenvalue weighted by Crippen LogP contribution is -2.32. The zero-order valence-corrected chi connectivity index (χ0v) is 19.8. The number of nitrogens with zero attached hydrogens (tertiary/aromatic N) is 2. The summed E-state index contributed by atoms with van der Waals surface area (Å²) in [5, 5.41) is 25.9. The van der Waals surface area contributed by atoms with Crippen molar-refractivity contribution in [3.63, 3.8) is 0 Å². The number of nitro groups is 2. The molecule has 2 aromatic carbocycles. The molecule has 2 amide bonds. The highest BCUT2D eigenvalue weighted by molar-refractivity contribution is 8.77. The molecular weight excluding hydrogens is 488 g/mol. The first-order valence-corrected chi connectivity index (χ1v) is 12.1. The van der Waals surface area contributed by atoms with Gasteiger partial charge >= 0.3 is 12.2 Å². The van der Waals surface area contributed by atoms with E-state index < -0.39 is 22.0 Å². The number of ether oxygens (including phenoxy) is 2. The van der Waals surface area contributed by atoms with Gasteiger partial charge in [-0.15, -0.1) is 0 Å². The SMILES string of the molecule is CC(NC(=O)OCc1ccc([N+](=O)[O-])cc1)SSC(C)NC(=O)OCc1ccc([N+](=O)[O-])cc1. The lowest BCUT2D eigenvalue weighted by molar-refractivity contribution is -0.385. The molecule has 0 aliphatic carbocycles. The highest BCUT2D eigenvalue weighted by Crippen LogP contribution is 2.28. The summed E-state index contributed by atoms with van der Waals surface area (Å²) >= 11 is 0. The van der Waals surface area contributed by atoms with Crippen LogP contribution in [0.4, 0.5) is 21.0 Å². The Morgan fingerprint density at radius 2 is 1.09 bits per heavy atom. The molecule has 0 radical (unpaired) electrons. The van der Waals surface area contributed by atoms with Crippen LogP contribution in [-0.4, -0.2) is 32.8 Å². The van der Waals surface area contributed by atoms with Gasteiger partial charge in [-0.05, 0) is 49.2 Å². The molecule has 2 rings (SSSR count). The van der Waals surface area contributed by atoms with E-state index in [0.717, 1.165) is 0 Å². The Bertz CT molecular complexity index is 923. The quantitative estimate of drug-likeness (QED) is 0.187. The fourth-order valence-electron chi connectivity index (χ4n) is 2.36. The zero-order chi connectivity index (χ0) is 25.1. The fourth-order valence-corrected chi connectivity index (χ4v) is 4.27. The van der Waals surface area contributed by atoms with Crippen LogP contribution in [0.2, 0.25) is 0 Å². The number of hydrogen-bond acceptors (Lipinski definition) is 10. The molecule has 2 N–H and O–H groups in total. The molecule has 2 unspecified atom stereocenters. The van der Waals surface area contributed by atoms with Gasteiger partial charge < -0.3 is 20.1 Å². The zero-order valence-electron chi connectivity index (χ0n) is 18.2. The van der Waals surface area contributed by atoms with E-state index in [9.17, 15) is 29.8 Å². The number of carbonyl (C=O) groups is 2. The summed E-state index contributed by atoms with van der Waals surface area (Å²) in [5.74, 6) is 0. The van der Waals surface area contributed by atoms with Gasteiger partial charge in [-0.2, -0.15) is 0 Å². The van der Waals surface area contributed by atoms with E-state index in [-0.39, 0.29) is 35.3 Å². The van der Waals surface area contributed by atoms with Crippen molar-refractivity contribution in [3.05, 3.63) is 79.9 Å². The average molecular weight is 511 g/mol. The maximum Gasteiger partial charge on any atom is 0.408 e. The van der Waals surface area contributed by atoms with Gasteiger partial charge in [0.15, 0.2) is 0 Å². The number of nitro benzene ring substituents is 2. The molecule has 14 heteroatoms. The van der Waals surface area contributed by atoms with Crippen molar-refractivity contribution in [2.75, 3.05) is 0 Å². The van der Waals surface area contributed by atoms with Crippen molar-refractivity contribution in [2.45, 2.75) is 37.8 Å². The van der Waals surface area contributed by atoms with Gasteiger partial charge in [0.05, 0.1) is 20.6 Å². The Hall–Kier alpha value is -3.52. The first-order chi connectivity index (χ1) is 16.1. The smallest absolute Gasteiger partial charge is 0.408 e. The van der Waals surface area contributed by atoms with Crippen molar-refractivity contribution in [1.82, 2.24) is 10.6 Å². The van der Waals surface area contributed by atoms with Crippen LogP contribution in [-0.2, 0) is 22.7 Å². The second kappa shape index (κ2) is 13.3. The minimum atomic E-state index is -0.651. The van der Waals surface area contributed by atoms with Crippen LogP contribution in [0, 0.1) is 20.2 Å². The lowest BCUT2D eigenvalue weighted by atomic mass is 10.2. The van der Waals surface area contributed by atoms with E-state index in [0.29, 0.717) is 11.1 Å². The van der Waals surface area contributed by atoms with Gasteiger partial charge in [0.2, 0.25) is 0 Å². The molecule has 0 spiro atoms. The van der Waals surface area contributed by atoms with Crippen molar-refractivity contribution in [2.24, 2.45) is 0 Å². The predicted molar refractivity (Wildman–Crippen MR) is 127 cm³/mol. The monoisotopic (exact) mass is 510 g/mol. The van der Waals surface area contributed by atoms with Crippen LogP contribution in [0.5, 0.6) is 0 Å². The fraction of sp³-hybridized carbons (Fsp3) is 0.300. The van der Waals surface area contributed by atoms with Crippen molar-refractivity contribution in [3.8, 4) is 0 Å². The number of non-ortho nitro benzene ring substituents is 2. The van der Waals surface area contributed by atoms with Gasteiger partial charge in [0.1, 0.15) is 13.2 Å². The molecular formula is C20H22N4O8S2. The molecule has 0 heterocycles. The van der Waals surface area contributed by atoms with Crippen LogP contribution >= 0.6 is 21.6 Å². The summed E-state index contributed by atoms with van der Waals surface area (Å²) < 4.78 is 10.2. The van der Waals surface area contributed by atoms with Gasteiger partial charge in [-0.1, -0.05) is 21.6 Å². The van der Waals surface area contributed by atoms with E-state index in [1.54, 1.807) is 13.8 Å². The number of carbonyl (C=O) groups excluding carboxylic acids is 2. The number of nitrogens with one attached hydrogen (secondary N) is 2. The molecule has 0 saturated carbocycles. The molecule has 0 fully saturated rings. The highest BCUT2D eigenvalue weighted by atomic mass is 33.1. The van der Waals surface area contributed by atoms with E-state index in [4.69, 9.17) is 9.47 Å². The van der Waals surface area contributed by atoms with Crippen LogP contribution < -0.4 is 10.6 Å². The van der Waals surface area contributed by atoms with Crippen molar-refractivity contribution < 1.29 is 28.9 Å². The lowest BCUT2D eigenvalue weighted by Gasteiger charge is -2.17. The van der Waals surface area contributed by atoms with Gasteiger partial charge in [0.25, 0.3) is 11.4 Å². The van der Waals surface area contributed by atoms with Gasteiger partial charge in [-0.3, -0.25) is 20.2 Å². The van der Waals surface area contributed by atoms with E-state index in [1.165, 1.54) is 70.1 Å². The molecule has 2 aromatic rings. The van der Waals surface area contributed by atoms with Gasteiger partial charge in [0, 0.05) is 24.3 Å². The van der Waals surface area contributed by atoms with Crippen LogP contribution in [0.15, 0.2) is 48.5 Å². The third kappa shape index (κ3) is 9.54. The minimum Gasteiger partial charge on any atom is -0.445 e. The molecule has 0 saturated heterocycles. The van der Waals surface area contributed by atoms with Crippen molar-refractivity contribution in [1.29, 1.82) is 0 Å². The molecule has 0 bridgehead atoms. The molecule has 34 heavy (non-hydrogen) atoms. The standard InChI is InChI=1S/C20H22N4O8S2/c1-13(21-19(25)31-11-15-3-7-17(8-4-15)23(27)28)33-34-14(2)22-20(26)32-12-16-5-9-18(10-6-16)24(29)30/h3-10,13-14H,11-12H2,1-2H3,(H,21,25)(H,22,26). The van der Waals surface area contributed by atoms with Gasteiger partial charge in [-0.25, -0.2) is 9.59 Å². The Labute approximate surface area is 202 Å². The summed E-state index contributed by atoms with van der Waals surface area (Å²) in [7, 11) is 2.59. The second-order valence-corrected chi connectivity index (χ2v) is 9.72. The first kappa shape index (κ1) is 26.7. The third-order valence-corrected chi connectivity index (χ3v) is 7.01.